The quantitative estimate of drug-likeness (QED) is 0.310. The van der Waals surface area contributed by atoms with Crippen LogP contribution in [-0.2, 0) is 0 Å². The summed E-state index contributed by atoms with van der Waals surface area (Å²) in [6, 6.07) is 3.53. The second-order valence-corrected chi connectivity index (χ2v) is 5.36. The normalized spacial score (nSPS) is 30.7. The number of anilines is 1. The van der Waals surface area contributed by atoms with Gasteiger partial charge in [-0.15, -0.1) is 0 Å². The maximum Gasteiger partial charge on any atom is 0.170 e. The van der Waals surface area contributed by atoms with E-state index in [1.54, 1.807) is 12.3 Å². The molecule has 19 heavy (non-hydrogen) atoms. The van der Waals surface area contributed by atoms with Gasteiger partial charge in [-0.1, -0.05) is 5.16 Å². The molecule has 6 heteroatoms. The Morgan fingerprint density at radius 1 is 1.42 bits per heavy atom. The Bertz CT molecular complexity index is 505. The Balaban J connectivity index is 1.81. The molecule has 6 nitrogen and oxygen atoms in total. The van der Waals surface area contributed by atoms with Crippen molar-refractivity contribution in [3.8, 4) is 0 Å². The molecule has 2 heterocycles. The van der Waals surface area contributed by atoms with Crippen LogP contribution in [0.15, 0.2) is 23.5 Å². The van der Waals surface area contributed by atoms with Crippen molar-refractivity contribution in [1.29, 1.82) is 0 Å². The van der Waals surface area contributed by atoms with Crippen LogP contribution in [-0.4, -0.2) is 40.3 Å². The first kappa shape index (κ1) is 12.2. The summed E-state index contributed by atoms with van der Waals surface area (Å²) in [5.41, 5.74) is 6.25. The molecule has 0 amide bonds. The number of hydrogen-bond donors (Lipinski definition) is 3. The molecular formula is C13H18N4O2. The van der Waals surface area contributed by atoms with Crippen LogP contribution in [0.3, 0.4) is 0 Å². The molecule has 0 spiro atoms. The summed E-state index contributed by atoms with van der Waals surface area (Å²) < 4.78 is 0. The number of hydrogen-bond acceptors (Lipinski definition) is 5. The van der Waals surface area contributed by atoms with Crippen LogP contribution in [0.1, 0.15) is 18.4 Å². The van der Waals surface area contributed by atoms with Crippen molar-refractivity contribution in [1.82, 2.24) is 4.98 Å². The summed E-state index contributed by atoms with van der Waals surface area (Å²) in [5, 5.41) is 21.6. The van der Waals surface area contributed by atoms with Crippen LogP contribution < -0.4 is 10.6 Å². The van der Waals surface area contributed by atoms with Crippen LogP contribution in [0.5, 0.6) is 0 Å². The predicted octanol–water partition coefficient (Wildman–Crippen LogP) is 0.383. The van der Waals surface area contributed by atoms with E-state index >= 15 is 0 Å². The van der Waals surface area contributed by atoms with Crippen molar-refractivity contribution in [2.75, 3.05) is 18.0 Å². The highest BCUT2D eigenvalue weighted by molar-refractivity contribution is 5.97. The second kappa shape index (κ2) is 4.70. The van der Waals surface area contributed by atoms with Crippen LogP contribution in [0.4, 0.5) is 5.82 Å². The van der Waals surface area contributed by atoms with Gasteiger partial charge in [0, 0.05) is 30.8 Å². The average molecular weight is 262 g/mol. The zero-order valence-electron chi connectivity index (χ0n) is 10.6. The third-order valence-corrected chi connectivity index (χ3v) is 4.29. The average Bonchev–Trinajstić information content (AvgIpc) is 3.01. The van der Waals surface area contributed by atoms with E-state index in [1.165, 1.54) is 0 Å². The Kier molecular flexibility index (Phi) is 3.02. The SMILES string of the molecule is N/C(=N/O)c1ccnc(N2CC3CCC(O)C3C2)c1. The first-order chi connectivity index (χ1) is 9.19. The third kappa shape index (κ3) is 2.12. The van der Waals surface area contributed by atoms with Gasteiger partial charge in [0.15, 0.2) is 5.84 Å². The largest absolute Gasteiger partial charge is 0.409 e. The molecular weight excluding hydrogens is 244 g/mol. The fraction of sp³-hybridized carbons (Fsp3) is 0.538. The number of nitrogens with zero attached hydrogens (tertiary/aromatic N) is 3. The lowest BCUT2D eigenvalue weighted by molar-refractivity contribution is 0.133. The highest BCUT2D eigenvalue weighted by Crippen LogP contribution is 2.39. The van der Waals surface area contributed by atoms with Crippen molar-refractivity contribution < 1.29 is 10.3 Å². The Labute approximate surface area is 111 Å². The summed E-state index contributed by atoms with van der Waals surface area (Å²) in [7, 11) is 0. The molecule has 2 aliphatic rings. The molecule has 1 aromatic rings. The van der Waals surface area contributed by atoms with E-state index in [9.17, 15) is 5.11 Å². The molecule has 0 radical (unpaired) electrons. The van der Waals surface area contributed by atoms with Crippen LogP contribution in [0, 0.1) is 11.8 Å². The summed E-state index contributed by atoms with van der Waals surface area (Å²) in [6.07, 6.45) is 3.48. The van der Waals surface area contributed by atoms with Crippen molar-refractivity contribution in [3.63, 3.8) is 0 Å². The monoisotopic (exact) mass is 262 g/mol. The maximum absolute atomic E-state index is 9.93. The minimum absolute atomic E-state index is 0.0862. The first-order valence-electron chi connectivity index (χ1n) is 6.56. The van der Waals surface area contributed by atoms with Gasteiger partial charge in [-0.2, -0.15) is 0 Å². The minimum atomic E-state index is -0.178. The molecule has 1 saturated heterocycles. The van der Waals surface area contributed by atoms with Crippen molar-refractivity contribution >= 4 is 11.7 Å². The zero-order valence-corrected chi connectivity index (χ0v) is 10.6. The van der Waals surface area contributed by atoms with E-state index in [2.05, 4.69) is 15.0 Å². The van der Waals surface area contributed by atoms with Crippen LogP contribution >= 0.6 is 0 Å². The highest BCUT2D eigenvalue weighted by Gasteiger charge is 2.42. The molecule has 0 bridgehead atoms. The van der Waals surface area contributed by atoms with Crippen molar-refractivity contribution in [2.45, 2.75) is 18.9 Å². The fourth-order valence-corrected chi connectivity index (χ4v) is 3.23. The molecule has 3 atom stereocenters. The maximum atomic E-state index is 9.93. The molecule has 4 N–H and O–H groups in total. The number of nitrogens with two attached hydrogens (primary N) is 1. The molecule has 102 valence electrons. The smallest absolute Gasteiger partial charge is 0.170 e. The number of pyridine rings is 1. The van der Waals surface area contributed by atoms with Gasteiger partial charge in [0.2, 0.25) is 0 Å². The van der Waals surface area contributed by atoms with Gasteiger partial charge in [0.1, 0.15) is 5.82 Å². The molecule has 1 aromatic heterocycles. The molecule has 1 aliphatic heterocycles. The van der Waals surface area contributed by atoms with E-state index in [-0.39, 0.29) is 11.9 Å². The van der Waals surface area contributed by atoms with Gasteiger partial charge in [-0.05, 0) is 30.9 Å². The van der Waals surface area contributed by atoms with Gasteiger partial charge in [0.25, 0.3) is 0 Å². The predicted molar refractivity (Wildman–Crippen MR) is 71.2 cm³/mol. The lowest BCUT2D eigenvalue weighted by Crippen LogP contribution is -2.25. The number of rotatable bonds is 2. The van der Waals surface area contributed by atoms with E-state index in [0.29, 0.717) is 17.4 Å². The Morgan fingerprint density at radius 2 is 2.26 bits per heavy atom. The van der Waals surface area contributed by atoms with Gasteiger partial charge >= 0.3 is 0 Å². The number of fused-ring (bicyclic) bond motifs is 1. The lowest BCUT2D eigenvalue weighted by Gasteiger charge is -2.19. The molecule has 3 rings (SSSR count). The molecule has 3 unspecified atom stereocenters. The summed E-state index contributed by atoms with van der Waals surface area (Å²) in [4.78, 5) is 6.52. The molecule has 0 aromatic carbocycles. The standard InChI is InChI=1S/C13H18N4O2/c14-13(16-19)8-3-4-15-12(5-8)17-6-9-1-2-11(18)10(9)7-17/h3-5,9-11,18-19H,1-2,6-7H2,(H2,14,16). The van der Waals surface area contributed by atoms with Crippen molar-refractivity contribution in [3.05, 3.63) is 23.9 Å². The molecule has 1 aliphatic carbocycles. The summed E-state index contributed by atoms with van der Waals surface area (Å²) >= 11 is 0. The van der Waals surface area contributed by atoms with Gasteiger partial charge in [-0.25, -0.2) is 4.98 Å². The number of oxime groups is 1. The molecule has 2 fully saturated rings. The number of aromatic nitrogens is 1. The first-order valence-corrected chi connectivity index (χ1v) is 6.56. The minimum Gasteiger partial charge on any atom is -0.409 e. The highest BCUT2D eigenvalue weighted by atomic mass is 16.4. The van der Waals surface area contributed by atoms with Gasteiger partial charge < -0.3 is 20.9 Å². The number of aliphatic hydroxyl groups excluding tert-OH is 1. The van der Waals surface area contributed by atoms with E-state index in [4.69, 9.17) is 10.9 Å². The summed E-state index contributed by atoms with van der Waals surface area (Å²) in [5.74, 6) is 1.83. The number of amidine groups is 1. The zero-order chi connectivity index (χ0) is 13.4. The van der Waals surface area contributed by atoms with E-state index in [0.717, 1.165) is 31.7 Å². The van der Waals surface area contributed by atoms with Gasteiger partial charge in [0.05, 0.1) is 6.10 Å². The van der Waals surface area contributed by atoms with Gasteiger partial charge in [-0.3, -0.25) is 0 Å². The topological polar surface area (TPSA) is 95.0 Å². The number of aliphatic hydroxyl groups is 1. The fourth-order valence-electron chi connectivity index (χ4n) is 3.23. The van der Waals surface area contributed by atoms with E-state index < -0.39 is 0 Å². The van der Waals surface area contributed by atoms with E-state index in [1.807, 2.05) is 6.07 Å². The lowest BCUT2D eigenvalue weighted by atomic mass is 10.00. The summed E-state index contributed by atoms with van der Waals surface area (Å²) in [6.45, 7) is 1.76. The second-order valence-electron chi connectivity index (χ2n) is 5.36. The third-order valence-electron chi connectivity index (χ3n) is 4.29. The Hall–Kier alpha value is -1.82. The van der Waals surface area contributed by atoms with Crippen LogP contribution in [0.25, 0.3) is 0 Å². The molecule has 1 saturated carbocycles. The van der Waals surface area contributed by atoms with Crippen LogP contribution in [0.2, 0.25) is 0 Å². The Morgan fingerprint density at radius 3 is 3.00 bits per heavy atom. The van der Waals surface area contributed by atoms with Crippen molar-refractivity contribution in [2.24, 2.45) is 22.7 Å².